The number of nitrogens with one attached hydrogen (secondary N) is 1. The van der Waals surface area contributed by atoms with Gasteiger partial charge >= 0.3 is 0 Å². The van der Waals surface area contributed by atoms with Crippen molar-refractivity contribution >= 4 is 17.3 Å². The fourth-order valence-electron chi connectivity index (χ4n) is 2.37. The lowest BCUT2D eigenvalue weighted by atomic mass is 10.2. The Morgan fingerprint density at radius 3 is 2.58 bits per heavy atom. The minimum Gasteiger partial charge on any atom is -0.371 e. The van der Waals surface area contributed by atoms with Crippen molar-refractivity contribution in [2.75, 3.05) is 23.3 Å². The average molecular weight is 261 g/mol. The molecule has 4 nitrogen and oxygen atoms in total. The number of nitrogens with zero attached hydrogens (tertiary/aromatic N) is 1. The molecular formula is C15H23N3O. The van der Waals surface area contributed by atoms with Gasteiger partial charge in [-0.1, -0.05) is 18.9 Å². The Labute approximate surface area is 115 Å². The number of anilines is 2. The molecule has 0 aliphatic carbocycles. The molecule has 0 saturated carbocycles. The molecule has 0 aromatic heterocycles. The Hall–Kier alpha value is -1.55. The fourth-order valence-corrected chi connectivity index (χ4v) is 2.37. The van der Waals surface area contributed by atoms with Gasteiger partial charge in [0.05, 0.1) is 6.04 Å². The highest BCUT2D eigenvalue weighted by Crippen LogP contribution is 2.22. The standard InChI is InChI=1S/C15H23N3O/c1-12(16)15(19)17-13-7-6-8-14(11-13)18-9-4-2-3-5-10-18/h6-8,11-12H,2-5,9-10,16H2,1H3,(H,17,19). The van der Waals surface area contributed by atoms with E-state index in [1.165, 1.54) is 31.4 Å². The van der Waals surface area contributed by atoms with Gasteiger partial charge in [-0.2, -0.15) is 0 Å². The molecule has 1 aromatic carbocycles. The van der Waals surface area contributed by atoms with E-state index in [1.807, 2.05) is 18.2 Å². The monoisotopic (exact) mass is 261 g/mol. The summed E-state index contributed by atoms with van der Waals surface area (Å²) in [5.74, 6) is -0.145. The van der Waals surface area contributed by atoms with Crippen LogP contribution in [0.25, 0.3) is 0 Å². The van der Waals surface area contributed by atoms with E-state index < -0.39 is 6.04 Å². The van der Waals surface area contributed by atoms with Crippen LogP contribution in [-0.4, -0.2) is 25.0 Å². The quantitative estimate of drug-likeness (QED) is 0.878. The van der Waals surface area contributed by atoms with E-state index in [9.17, 15) is 4.79 Å². The Kier molecular flexibility index (Phi) is 4.80. The molecule has 0 spiro atoms. The van der Waals surface area contributed by atoms with Crippen LogP contribution in [0, 0.1) is 0 Å². The molecule has 1 unspecified atom stereocenters. The molecule has 1 heterocycles. The lowest BCUT2D eigenvalue weighted by Gasteiger charge is -2.23. The van der Waals surface area contributed by atoms with Gasteiger partial charge < -0.3 is 16.0 Å². The molecule has 2 rings (SSSR count). The molecule has 1 amide bonds. The first kappa shape index (κ1) is 13.9. The summed E-state index contributed by atoms with van der Waals surface area (Å²) in [6.07, 6.45) is 5.13. The predicted octanol–water partition coefficient (Wildman–Crippen LogP) is 2.35. The van der Waals surface area contributed by atoms with Gasteiger partial charge in [-0.15, -0.1) is 0 Å². The number of benzene rings is 1. The van der Waals surface area contributed by atoms with E-state index in [0.717, 1.165) is 18.8 Å². The number of nitrogens with two attached hydrogens (primary N) is 1. The normalized spacial score (nSPS) is 17.7. The van der Waals surface area contributed by atoms with Crippen LogP contribution in [0.5, 0.6) is 0 Å². The highest BCUT2D eigenvalue weighted by atomic mass is 16.2. The van der Waals surface area contributed by atoms with Crippen LogP contribution in [0.1, 0.15) is 32.6 Å². The van der Waals surface area contributed by atoms with Crippen molar-refractivity contribution in [1.82, 2.24) is 0 Å². The summed E-state index contributed by atoms with van der Waals surface area (Å²) >= 11 is 0. The van der Waals surface area contributed by atoms with E-state index >= 15 is 0 Å². The lowest BCUT2D eigenvalue weighted by molar-refractivity contribution is -0.117. The Morgan fingerprint density at radius 2 is 1.95 bits per heavy atom. The summed E-state index contributed by atoms with van der Waals surface area (Å²) in [5.41, 5.74) is 7.57. The largest absolute Gasteiger partial charge is 0.371 e. The third kappa shape index (κ3) is 3.96. The summed E-state index contributed by atoms with van der Waals surface area (Å²) in [7, 11) is 0. The van der Waals surface area contributed by atoms with Crippen LogP contribution in [0.15, 0.2) is 24.3 Å². The molecule has 1 atom stereocenters. The first-order chi connectivity index (χ1) is 9.16. The zero-order valence-corrected chi connectivity index (χ0v) is 11.6. The summed E-state index contributed by atoms with van der Waals surface area (Å²) in [4.78, 5) is 14.0. The van der Waals surface area contributed by atoms with Crippen LogP contribution in [0.3, 0.4) is 0 Å². The molecule has 104 valence electrons. The number of rotatable bonds is 3. The second-order valence-corrected chi connectivity index (χ2v) is 5.23. The first-order valence-corrected chi connectivity index (χ1v) is 7.08. The van der Waals surface area contributed by atoms with E-state index in [4.69, 9.17) is 5.73 Å². The Bertz CT molecular complexity index is 423. The maximum atomic E-state index is 11.6. The molecule has 1 aromatic rings. The highest BCUT2D eigenvalue weighted by Gasteiger charge is 2.11. The minimum atomic E-state index is -0.484. The van der Waals surface area contributed by atoms with Gasteiger partial charge in [0.1, 0.15) is 0 Å². The van der Waals surface area contributed by atoms with Crippen molar-refractivity contribution < 1.29 is 4.79 Å². The molecule has 4 heteroatoms. The zero-order valence-electron chi connectivity index (χ0n) is 11.6. The average Bonchev–Trinajstić information content (AvgIpc) is 2.67. The summed E-state index contributed by atoms with van der Waals surface area (Å²) in [5, 5.41) is 2.85. The van der Waals surface area contributed by atoms with E-state index in [-0.39, 0.29) is 5.91 Å². The molecule has 1 aliphatic heterocycles. The molecule has 1 aliphatic rings. The van der Waals surface area contributed by atoms with Crippen LogP contribution in [0.2, 0.25) is 0 Å². The smallest absolute Gasteiger partial charge is 0.240 e. The van der Waals surface area contributed by atoms with E-state index in [0.29, 0.717) is 0 Å². The molecule has 0 radical (unpaired) electrons. The summed E-state index contributed by atoms with van der Waals surface area (Å²) < 4.78 is 0. The number of amides is 1. The highest BCUT2D eigenvalue weighted by molar-refractivity contribution is 5.94. The van der Waals surface area contributed by atoms with Crippen molar-refractivity contribution in [3.05, 3.63) is 24.3 Å². The zero-order chi connectivity index (χ0) is 13.7. The third-order valence-corrected chi connectivity index (χ3v) is 3.50. The second-order valence-electron chi connectivity index (χ2n) is 5.23. The SMILES string of the molecule is CC(N)C(=O)Nc1cccc(N2CCCCCC2)c1. The van der Waals surface area contributed by atoms with Gasteiger partial charge in [0.15, 0.2) is 0 Å². The van der Waals surface area contributed by atoms with Gasteiger partial charge in [0.25, 0.3) is 0 Å². The van der Waals surface area contributed by atoms with Crippen LogP contribution < -0.4 is 16.0 Å². The van der Waals surface area contributed by atoms with Gasteiger partial charge in [0, 0.05) is 24.5 Å². The predicted molar refractivity (Wildman–Crippen MR) is 79.4 cm³/mol. The number of hydrogen-bond donors (Lipinski definition) is 2. The van der Waals surface area contributed by atoms with E-state index in [2.05, 4.69) is 16.3 Å². The van der Waals surface area contributed by atoms with Gasteiger partial charge in [0.2, 0.25) is 5.91 Å². The maximum Gasteiger partial charge on any atom is 0.240 e. The fraction of sp³-hybridized carbons (Fsp3) is 0.533. The van der Waals surface area contributed by atoms with Crippen molar-refractivity contribution in [1.29, 1.82) is 0 Å². The van der Waals surface area contributed by atoms with Crippen molar-refractivity contribution in [2.45, 2.75) is 38.6 Å². The second kappa shape index (κ2) is 6.57. The van der Waals surface area contributed by atoms with Gasteiger partial charge in [-0.25, -0.2) is 0 Å². The maximum absolute atomic E-state index is 11.6. The minimum absolute atomic E-state index is 0.145. The van der Waals surface area contributed by atoms with Crippen LogP contribution in [-0.2, 0) is 4.79 Å². The van der Waals surface area contributed by atoms with E-state index in [1.54, 1.807) is 6.92 Å². The molecule has 1 fully saturated rings. The topological polar surface area (TPSA) is 58.4 Å². The molecule has 3 N–H and O–H groups in total. The first-order valence-electron chi connectivity index (χ1n) is 7.08. The van der Waals surface area contributed by atoms with Crippen molar-refractivity contribution in [3.63, 3.8) is 0 Å². The molecule has 1 saturated heterocycles. The molecule has 0 bridgehead atoms. The van der Waals surface area contributed by atoms with Crippen molar-refractivity contribution in [2.24, 2.45) is 5.73 Å². The van der Waals surface area contributed by atoms with Crippen LogP contribution in [0.4, 0.5) is 11.4 Å². The molecule has 19 heavy (non-hydrogen) atoms. The van der Waals surface area contributed by atoms with Gasteiger partial charge in [-0.05, 0) is 38.0 Å². The Morgan fingerprint density at radius 1 is 1.26 bits per heavy atom. The third-order valence-electron chi connectivity index (χ3n) is 3.50. The van der Waals surface area contributed by atoms with Crippen LogP contribution >= 0.6 is 0 Å². The molecular weight excluding hydrogens is 238 g/mol. The number of carbonyl (C=O) groups excluding carboxylic acids is 1. The Balaban J connectivity index is 2.07. The number of hydrogen-bond acceptors (Lipinski definition) is 3. The van der Waals surface area contributed by atoms with Crippen molar-refractivity contribution in [3.8, 4) is 0 Å². The number of carbonyl (C=O) groups is 1. The lowest BCUT2D eigenvalue weighted by Crippen LogP contribution is -2.32. The summed E-state index contributed by atoms with van der Waals surface area (Å²) in [6.45, 7) is 3.89. The summed E-state index contributed by atoms with van der Waals surface area (Å²) in [6, 6.07) is 7.54. The van der Waals surface area contributed by atoms with Gasteiger partial charge in [-0.3, -0.25) is 4.79 Å².